The first-order valence-electron chi connectivity index (χ1n) is 5.18. The molecule has 0 unspecified atom stereocenters. The van der Waals surface area contributed by atoms with Gasteiger partial charge in [0.2, 0.25) is 0 Å². The van der Waals surface area contributed by atoms with E-state index < -0.39 is 8.25 Å². The van der Waals surface area contributed by atoms with Crippen molar-refractivity contribution in [3.05, 3.63) is 0 Å². The second kappa shape index (κ2) is 5.35. The van der Waals surface area contributed by atoms with Crippen LogP contribution in [0.5, 0.6) is 0 Å². The van der Waals surface area contributed by atoms with Gasteiger partial charge in [0, 0.05) is 15.6 Å². The summed E-state index contributed by atoms with van der Waals surface area (Å²) in [5.41, 5.74) is 0.669. The van der Waals surface area contributed by atoms with E-state index in [0.29, 0.717) is 11.1 Å². The van der Waals surface area contributed by atoms with Crippen molar-refractivity contribution in [3.8, 4) is 0 Å². The molecular weight excluding hydrogens is 213 g/mol. The third kappa shape index (κ3) is 7.86. The Morgan fingerprint density at radius 3 is 1.60 bits per heavy atom. The molecule has 1 aliphatic rings. The van der Waals surface area contributed by atoms with E-state index in [-0.39, 0.29) is 0 Å². The second-order valence-corrected chi connectivity index (χ2v) is 6.16. The smallest absolute Gasteiger partial charge is 0.307 e. The predicted octanol–water partition coefficient (Wildman–Crippen LogP) is 2.19. The van der Waals surface area contributed by atoms with Gasteiger partial charge in [0.25, 0.3) is 0 Å². The third-order valence-corrected chi connectivity index (χ3v) is 2.39. The van der Waals surface area contributed by atoms with Crippen molar-refractivity contribution >= 4 is 8.25 Å². The van der Waals surface area contributed by atoms with Crippen molar-refractivity contribution in [1.82, 2.24) is 5.32 Å². The molecule has 0 radical (unpaired) electrons. The molecule has 0 spiro atoms. The van der Waals surface area contributed by atoms with Crippen molar-refractivity contribution in [1.29, 1.82) is 0 Å². The van der Waals surface area contributed by atoms with Gasteiger partial charge in [0.15, 0.2) is 0 Å². The lowest BCUT2D eigenvalue weighted by atomic mass is 9.77. The maximum atomic E-state index is 8.70. The summed E-state index contributed by atoms with van der Waals surface area (Å²) in [5, 5.41) is 3.66. The normalized spacial score (nSPS) is 23.9. The zero-order valence-electron chi connectivity index (χ0n) is 10.2. The minimum Gasteiger partial charge on any atom is -0.307 e. The molecule has 90 valence electrons. The Labute approximate surface area is 93.0 Å². The molecule has 1 heterocycles. The Balaban J connectivity index is 0.000000423. The zero-order chi connectivity index (χ0) is 12.3. The second-order valence-electron chi connectivity index (χ2n) is 5.66. The van der Waals surface area contributed by atoms with Gasteiger partial charge < -0.3 is 5.32 Å². The molecule has 0 atom stereocenters. The van der Waals surface area contributed by atoms with Crippen molar-refractivity contribution in [2.24, 2.45) is 5.92 Å². The van der Waals surface area contributed by atoms with E-state index in [1.807, 2.05) is 0 Å². The van der Waals surface area contributed by atoms with Crippen molar-refractivity contribution in [3.63, 3.8) is 0 Å². The lowest BCUT2D eigenvalue weighted by Gasteiger charge is -2.45. The summed E-state index contributed by atoms with van der Waals surface area (Å²) in [7, 11) is -2.87. The van der Waals surface area contributed by atoms with E-state index in [1.165, 1.54) is 12.8 Å². The topological polar surface area (TPSA) is 69.6 Å². The number of piperidine rings is 1. The van der Waals surface area contributed by atoms with Gasteiger partial charge in [-0.15, -0.1) is 9.79 Å². The average molecular weight is 236 g/mol. The highest BCUT2D eigenvalue weighted by Crippen LogP contribution is 2.31. The van der Waals surface area contributed by atoms with Crippen LogP contribution < -0.4 is 5.32 Å². The Kier molecular flexibility index (Phi) is 5.34. The molecule has 1 fully saturated rings. The van der Waals surface area contributed by atoms with Crippen LogP contribution in [0.1, 0.15) is 47.5 Å². The highest BCUT2D eigenvalue weighted by Gasteiger charge is 2.35. The quantitative estimate of drug-likeness (QED) is 0.564. The Hall–Kier alpha value is -0.0200. The fraction of sp³-hybridized carbons (Fsp3) is 1.00. The van der Waals surface area contributed by atoms with Crippen LogP contribution in [0.2, 0.25) is 0 Å². The standard InChI is InChI=1S/C10H21N.HO3P/c1-8-6-9(2,3)11-10(4,5)7-8;1-4(2)3/h8,11H,6-7H2,1-5H3;(H-,1,2,3)/p+1. The molecule has 1 saturated heterocycles. The highest BCUT2D eigenvalue weighted by molar-refractivity contribution is 7.30. The van der Waals surface area contributed by atoms with Crippen LogP contribution in [0.4, 0.5) is 0 Å². The summed E-state index contributed by atoms with van der Waals surface area (Å²) in [6.45, 7) is 11.5. The van der Waals surface area contributed by atoms with E-state index in [1.54, 1.807) is 0 Å². The SMILES string of the molecule is CC1CC(C)(C)NC(C)(C)C1.O=[P+](O)O. The molecule has 3 N–H and O–H groups in total. The summed E-state index contributed by atoms with van der Waals surface area (Å²) in [6.07, 6.45) is 2.60. The molecule has 15 heavy (non-hydrogen) atoms. The van der Waals surface area contributed by atoms with E-state index in [0.717, 1.165) is 5.92 Å². The molecule has 0 aromatic heterocycles. The monoisotopic (exact) mass is 236 g/mol. The number of hydrogen-bond acceptors (Lipinski definition) is 2. The maximum Gasteiger partial charge on any atom is 0.692 e. The van der Waals surface area contributed by atoms with E-state index >= 15 is 0 Å². The van der Waals surface area contributed by atoms with E-state index in [2.05, 4.69) is 39.9 Å². The summed E-state index contributed by atoms with van der Waals surface area (Å²) < 4.78 is 8.70. The molecule has 0 aromatic rings. The van der Waals surface area contributed by atoms with Gasteiger partial charge in [-0.1, -0.05) is 6.92 Å². The fourth-order valence-corrected chi connectivity index (χ4v) is 2.83. The molecule has 1 aliphatic heterocycles. The van der Waals surface area contributed by atoms with Crippen LogP contribution in [-0.4, -0.2) is 20.9 Å². The molecule has 0 aliphatic carbocycles. The van der Waals surface area contributed by atoms with Crippen LogP contribution in [0.3, 0.4) is 0 Å². The van der Waals surface area contributed by atoms with Gasteiger partial charge >= 0.3 is 8.25 Å². The molecule has 0 aromatic carbocycles. The van der Waals surface area contributed by atoms with E-state index in [4.69, 9.17) is 14.4 Å². The Bertz CT molecular complexity index is 209. The third-order valence-electron chi connectivity index (χ3n) is 2.39. The maximum absolute atomic E-state index is 8.70. The largest absolute Gasteiger partial charge is 0.692 e. The molecule has 4 nitrogen and oxygen atoms in total. The lowest BCUT2D eigenvalue weighted by molar-refractivity contribution is 0.138. The lowest BCUT2D eigenvalue weighted by Crippen LogP contribution is -2.57. The predicted molar refractivity (Wildman–Crippen MR) is 61.7 cm³/mol. The van der Waals surface area contributed by atoms with Gasteiger partial charge in [-0.2, -0.15) is 0 Å². The molecule has 0 amide bonds. The number of rotatable bonds is 0. The molecular formula is C10H23NO3P+. The van der Waals surface area contributed by atoms with Gasteiger partial charge in [0.1, 0.15) is 0 Å². The van der Waals surface area contributed by atoms with Gasteiger partial charge in [-0.05, 0) is 46.5 Å². The van der Waals surface area contributed by atoms with Gasteiger partial charge in [-0.3, -0.25) is 0 Å². The minimum atomic E-state index is -2.87. The van der Waals surface area contributed by atoms with Crippen molar-refractivity contribution < 1.29 is 14.4 Å². The van der Waals surface area contributed by atoms with Crippen LogP contribution in [0, 0.1) is 5.92 Å². The Morgan fingerprint density at radius 2 is 1.40 bits per heavy atom. The summed E-state index contributed by atoms with van der Waals surface area (Å²) >= 11 is 0. The molecule has 1 rings (SSSR count). The van der Waals surface area contributed by atoms with Gasteiger partial charge in [-0.25, -0.2) is 0 Å². The molecule has 0 saturated carbocycles. The van der Waals surface area contributed by atoms with Crippen LogP contribution in [-0.2, 0) is 4.57 Å². The first-order valence-corrected chi connectivity index (χ1v) is 6.35. The average Bonchev–Trinajstić information content (AvgIpc) is 1.73. The number of nitrogens with one attached hydrogen (secondary N) is 1. The summed E-state index contributed by atoms with van der Waals surface area (Å²) in [5.74, 6) is 0.862. The number of hydrogen-bond donors (Lipinski definition) is 3. The minimum absolute atomic E-state index is 0.334. The highest BCUT2D eigenvalue weighted by atomic mass is 31.1. The first-order chi connectivity index (χ1) is 6.54. The summed E-state index contributed by atoms with van der Waals surface area (Å²) in [6, 6.07) is 0. The van der Waals surface area contributed by atoms with Gasteiger partial charge in [0.05, 0.1) is 0 Å². The van der Waals surface area contributed by atoms with Crippen LogP contribution >= 0.6 is 8.25 Å². The van der Waals surface area contributed by atoms with Crippen LogP contribution in [0.25, 0.3) is 0 Å². The van der Waals surface area contributed by atoms with Crippen molar-refractivity contribution in [2.45, 2.75) is 58.5 Å². The zero-order valence-corrected chi connectivity index (χ0v) is 11.1. The molecule has 5 heteroatoms. The van der Waals surface area contributed by atoms with Crippen molar-refractivity contribution in [2.75, 3.05) is 0 Å². The van der Waals surface area contributed by atoms with Crippen LogP contribution in [0.15, 0.2) is 0 Å². The molecule has 0 bridgehead atoms. The Morgan fingerprint density at radius 1 is 1.13 bits per heavy atom. The summed E-state index contributed by atoms with van der Waals surface area (Å²) in [4.78, 5) is 14.2. The fourth-order valence-electron chi connectivity index (χ4n) is 2.83. The first kappa shape index (κ1) is 15.0. The van der Waals surface area contributed by atoms with E-state index in [9.17, 15) is 0 Å².